The standard InChI is InChI=1S/C20H17FN2O4S/c21-16-6-1-2-8-19(16)28(25,26)22-15-10-9-14-5-3-11-23(17(14)13-15)20(24)18-7-4-12-27-18/h1-2,4,6-10,12-13,22H,3,5,11H2. The van der Waals surface area contributed by atoms with E-state index < -0.39 is 20.7 Å². The molecular formula is C20H17FN2O4S. The lowest BCUT2D eigenvalue weighted by atomic mass is 10.0. The number of nitrogens with one attached hydrogen (secondary N) is 1. The third-order valence-corrected chi connectivity index (χ3v) is 5.97. The van der Waals surface area contributed by atoms with Crippen LogP contribution in [-0.2, 0) is 16.4 Å². The van der Waals surface area contributed by atoms with E-state index in [0.29, 0.717) is 12.2 Å². The summed E-state index contributed by atoms with van der Waals surface area (Å²) in [7, 11) is -4.10. The Morgan fingerprint density at radius 1 is 1.11 bits per heavy atom. The van der Waals surface area contributed by atoms with E-state index in [9.17, 15) is 17.6 Å². The van der Waals surface area contributed by atoms with E-state index in [4.69, 9.17) is 4.42 Å². The zero-order chi connectivity index (χ0) is 19.7. The number of rotatable bonds is 4. The summed E-state index contributed by atoms with van der Waals surface area (Å²) < 4.78 is 46.6. The number of benzene rings is 2. The van der Waals surface area contributed by atoms with Gasteiger partial charge in [0, 0.05) is 12.2 Å². The molecule has 0 bridgehead atoms. The first-order chi connectivity index (χ1) is 13.5. The van der Waals surface area contributed by atoms with Crippen LogP contribution in [0, 0.1) is 5.82 Å². The van der Waals surface area contributed by atoms with Gasteiger partial charge >= 0.3 is 0 Å². The molecule has 0 saturated heterocycles. The minimum Gasteiger partial charge on any atom is -0.459 e. The molecule has 2 heterocycles. The van der Waals surface area contributed by atoms with Crippen molar-refractivity contribution in [2.24, 2.45) is 0 Å². The van der Waals surface area contributed by atoms with Crippen LogP contribution in [0.4, 0.5) is 15.8 Å². The minimum absolute atomic E-state index is 0.213. The van der Waals surface area contributed by atoms with Gasteiger partial charge in [-0.2, -0.15) is 0 Å². The molecule has 0 atom stereocenters. The maximum absolute atomic E-state index is 13.9. The van der Waals surface area contributed by atoms with E-state index >= 15 is 0 Å². The molecule has 1 N–H and O–H groups in total. The lowest BCUT2D eigenvalue weighted by molar-refractivity contribution is 0.0958. The average Bonchev–Trinajstić information content (AvgIpc) is 3.21. The highest BCUT2D eigenvalue weighted by Gasteiger charge is 2.26. The maximum Gasteiger partial charge on any atom is 0.293 e. The van der Waals surface area contributed by atoms with Crippen molar-refractivity contribution < 1.29 is 22.0 Å². The zero-order valence-electron chi connectivity index (χ0n) is 14.8. The van der Waals surface area contributed by atoms with Gasteiger partial charge in [0.15, 0.2) is 5.76 Å². The second kappa shape index (κ2) is 7.12. The van der Waals surface area contributed by atoms with Crippen LogP contribution in [0.15, 0.2) is 70.2 Å². The van der Waals surface area contributed by atoms with Crippen LogP contribution in [0.25, 0.3) is 0 Å². The van der Waals surface area contributed by atoms with Crippen molar-refractivity contribution in [2.75, 3.05) is 16.2 Å². The number of nitrogens with zero attached hydrogens (tertiary/aromatic N) is 1. The van der Waals surface area contributed by atoms with E-state index in [1.54, 1.807) is 35.2 Å². The summed E-state index contributed by atoms with van der Waals surface area (Å²) >= 11 is 0. The number of furan rings is 1. The van der Waals surface area contributed by atoms with Gasteiger partial charge in [-0.25, -0.2) is 12.8 Å². The highest BCUT2D eigenvalue weighted by molar-refractivity contribution is 7.92. The Kier molecular flexibility index (Phi) is 4.64. The Bertz CT molecular complexity index is 1130. The Balaban J connectivity index is 1.67. The SMILES string of the molecule is O=C(c1ccco1)N1CCCc2ccc(NS(=O)(=O)c3ccccc3F)cc21. The monoisotopic (exact) mass is 400 g/mol. The fraction of sp³-hybridized carbons (Fsp3) is 0.150. The van der Waals surface area contributed by atoms with Crippen molar-refractivity contribution >= 4 is 27.3 Å². The summed E-state index contributed by atoms with van der Waals surface area (Å²) in [5.74, 6) is -0.909. The Labute approximate surface area is 161 Å². The van der Waals surface area contributed by atoms with E-state index in [-0.39, 0.29) is 17.4 Å². The first kappa shape index (κ1) is 18.2. The topological polar surface area (TPSA) is 79.6 Å². The number of halogens is 1. The Hall–Kier alpha value is -3.13. The fourth-order valence-electron chi connectivity index (χ4n) is 3.26. The molecule has 8 heteroatoms. The van der Waals surface area contributed by atoms with Gasteiger partial charge in [-0.15, -0.1) is 0 Å². The van der Waals surface area contributed by atoms with E-state index in [1.807, 2.05) is 0 Å². The van der Waals surface area contributed by atoms with Crippen LogP contribution in [0.5, 0.6) is 0 Å². The molecule has 4 rings (SSSR count). The largest absolute Gasteiger partial charge is 0.459 e. The number of anilines is 2. The lowest BCUT2D eigenvalue weighted by Crippen LogP contribution is -2.35. The predicted molar refractivity (Wildman–Crippen MR) is 102 cm³/mol. The molecule has 0 saturated carbocycles. The summed E-state index contributed by atoms with van der Waals surface area (Å²) in [4.78, 5) is 13.9. The van der Waals surface area contributed by atoms with Crippen LogP contribution < -0.4 is 9.62 Å². The van der Waals surface area contributed by atoms with Crippen molar-refractivity contribution in [1.82, 2.24) is 0 Å². The van der Waals surface area contributed by atoms with Gasteiger partial charge in [0.2, 0.25) is 0 Å². The number of amides is 1. The first-order valence-electron chi connectivity index (χ1n) is 8.71. The van der Waals surface area contributed by atoms with Crippen molar-refractivity contribution in [3.05, 3.63) is 78.0 Å². The van der Waals surface area contributed by atoms with E-state index in [2.05, 4.69) is 4.72 Å². The van der Waals surface area contributed by atoms with Crippen LogP contribution in [0.1, 0.15) is 22.5 Å². The van der Waals surface area contributed by atoms with Gasteiger partial charge in [0.1, 0.15) is 10.7 Å². The summed E-state index contributed by atoms with van der Waals surface area (Å²) in [6.45, 7) is 0.496. The van der Waals surface area contributed by atoms with Gasteiger partial charge < -0.3 is 9.32 Å². The number of carbonyl (C=O) groups is 1. The van der Waals surface area contributed by atoms with Crippen molar-refractivity contribution in [1.29, 1.82) is 0 Å². The number of hydrogen-bond acceptors (Lipinski definition) is 4. The molecule has 6 nitrogen and oxygen atoms in total. The highest BCUT2D eigenvalue weighted by atomic mass is 32.2. The summed E-state index contributed by atoms with van der Waals surface area (Å²) in [5.41, 5.74) is 1.79. The zero-order valence-corrected chi connectivity index (χ0v) is 15.6. The first-order valence-corrected chi connectivity index (χ1v) is 10.2. The van der Waals surface area contributed by atoms with Gasteiger partial charge in [-0.3, -0.25) is 9.52 Å². The Morgan fingerprint density at radius 3 is 2.68 bits per heavy atom. The molecule has 144 valence electrons. The third kappa shape index (κ3) is 3.38. The molecule has 1 aromatic heterocycles. The van der Waals surface area contributed by atoms with Crippen molar-refractivity contribution in [3.63, 3.8) is 0 Å². The number of aryl methyl sites for hydroxylation is 1. The molecule has 2 aromatic carbocycles. The second-order valence-electron chi connectivity index (χ2n) is 6.42. The smallest absolute Gasteiger partial charge is 0.293 e. The number of fused-ring (bicyclic) bond motifs is 1. The van der Waals surface area contributed by atoms with Crippen LogP contribution in [0.2, 0.25) is 0 Å². The predicted octanol–water partition coefficient (Wildman–Crippen LogP) is 3.81. The molecule has 1 amide bonds. The number of hydrogen-bond donors (Lipinski definition) is 1. The van der Waals surface area contributed by atoms with Gasteiger partial charge in [-0.1, -0.05) is 18.2 Å². The third-order valence-electron chi connectivity index (χ3n) is 4.56. The summed E-state index contributed by atoms with van der Waals surface area (Å²) in [5, 5.41) is 0. The fourth-order valence-corrected chi connectivity index (χ4v) is 4.38. The van der Waals surface area contributed by atoms with Crippen LogP contribution >= 0.6 is 0 Å². The van der Waals surface area contributed by atoms with Crippen LogP contribution in [0.3, 0.4) is 0 Å². The molecule has 0 radical (unpaired) electrons. The Morgan fingerprint density at radius 2 is 1.93 bits per heavy atom. The van der Waals surface area contributed by atoms with Gasteiger partial charge in [-0.05, 0) is 54.8 Å². The summed E-state index contributed by atoms with van der Waals surface area (Å²) in [6.07, 6.45) is 2.99. The number of sulfonamides is 1. The average molecular weight is 400 g/mol. The molecule has 0 fully saturated rings. The normalized spacial score (nSPS) is 13.8. The molecule has 3 aromatic rings. The van der Waals surface area contributed by atoms with Crippen molar-refractivity contribution in [3.8, 4) is 0 Å². The second-order valence-corrected chi connectivity index (χ2v) is 8.07. The van der Waals surface area contributed by atoms with Crippen LogP contribution in [-0.4, -0.2) is 20.9 Å². The van der Waals surface area contributed by atoms with E-state index in [1.165, 1.54) is 24.5 Å². The van der Waals surface area contributed by atoms with Crippen molar-refractivity contribution in [2.45, 2.75) is 17.7 Å². The molecule has 0 unspecified atom stereocenters. The molecular weight excluding hydrogens is 383 g/mol. The molecule has 28 heavy (non-hydrogen) atoms. The summed E-state index contributed by atoms with van der Waals surface area (Å²) in [6, 6.07) is 13.4. The molecule has 1 aliphatic heterocycles. The van der Waals surface area contributed by atoms with Gasteiger partial charge in [0.25, 0.3) is 15.9 Å². The van der Waals surface area contributed by atoms with E-state index in [0.717, 1.165) is 24.5 Å². The number of carbonyl (C=O) groups excluding carboxylic acids is 1. The quantitative estimate of drug-likeness (QED) is 0.722. The molecule has 1 aliphatic rings. The maximum atomic E-state index is 13.9. The lowest BCUT2D eigenvalue weighted by Gasteiger charge is -2.29. The highest BCUT2D eigenvalue weighted by Crippen LogP contribution is 2.32. The molecule has 0 spiro atoms. The van der Waals surface area contributed by atoms with Gasteiger partial charge in [0.05, 0.1) is 12.0 Å². The minimum atomic E-state index is -4.10. The molecule has 0 aliphatic carbocycles.